The van der Waals surface area contributed by atoms with Crippen molar-refractivity contribution in [2.75, 3.05) is 31.1 Å². The van der Waals surface area contributed by atoms with Crippen LogP contribution < -0.4 is 4.72 Å². The highest BCUT2D eigenvalue weighted by Gasteiger charge is 2.09. The summed E-state index contributed by atoms with van der Waals surface area (Å²) in [5.74, 6) is 2.59. The first-order valence-corrected chi connectivity index (χ1v) is 7.09. The lowest BCUT2D eigenvalue weighted by molar-refractivity contribution is 0.516. The van der Waals surface area contributed by atoms with Gasteiger partial charge in [0.1, 0.15) is 0 Å². The van der Waals surface area contributed by atoms with Gasteiger partial charge in [0.05, 0.1) is 0 Å². The van der Waals surface area contributed by atoms with Gasteiger partial charge < -0.3 is 0 Å². The topological polar surface area (TPSA) is 15.3 Å². The molecule has 0 bridgehead atoms. The average molecular weight is 220 g/mol. The van der Waals surface area contributed by atoms with E-state index in [1.54, 1.807) is 0 Å². The highest BCUT2D eigenvalue weighted by Crippen LogP contribution is 2.14. The summed E-state index contributed by atoms with van der Waals surface area (Å²) in [4.78, 5) is 0. The van der Waals surface area contributed by atoms with Gasteiger partial charge in [-0.05, 0) is 6.42 Å². The number of thioether (sulfide) groups is 1. The molecular formula is C9H20N2S2. The van der Waals surface area contributed by atoms with Gasteiger partial charge in [0.25, 0.3) is 0 Å². The van der Waals surface area contributed by atoms with E-state index < -0.39 is 0 Å². The quantitative estimate of drug-likeness (QED) is 0.546. The van der Waals surface area contributed by atoms with Crippen molar-refractivity contribution in [1.82, 2.24) is 9.03 Å². The predicted molar refractivity (Wildman–Crippen MR) is 64.0 cm³/mol. The fraction of sp³-hybridized carbons (Fsp3) is 1.00. The van der Waals surface area contributed by atoms with E-state index >= 15 is 0 Å². The van der Waals surface area contributed by atoms with Crippen LogP contribution in [-0.2, 0) is 0 Å². The summed E-state index contributed by atoms with van der Waals surface area (Å²) in [6.45, 7) is 5.86. The molecule has 1 N–H and O–H groups in total. The fourth-order valence-electron chi connectivity index (χ4n) is 1.22. The van der Waals surface area contributed by atoms with Crippen LogP contribution in [0.15, 0.2) is 0 Å². The Labute approximate surface area is 90.5 Å². The second kappa shape index (κ2) is 7.97. The van der Waals surface area contributed by atoms with Crippen LogP contribution in [0.5, 0.6) is 0 Å². The smallest absolute Gasteiger partial charge is 0.0193 e. The first-order chi connectivity index (χ1) is 6.43. The van der Waals surface area contributed by atoms with Crippen molar-refractivity contribution < 1.29 is 0 Å². The third kappa shape index (κ3) is 5.83. The maximum absolute atomic E-state index is 3.42. The van der Waals surface area contributed by atoms with Crippen LogP contribution in [-0.4, -0.2) is 35.4 Å². The molecule has 0 aromatic rings. The summed E-state index contributed by atoms with van der Waals surface area (Å²) in [7, 11) is 0. The second-order valence-corrected chi connectivity index (χ2v) is 5.45. The first-order valence-electron chi connectivity index (χ1n) is 5.16. The first kappa shape index (κ1) is 11.7. The summed E-state index contributed by atoms with van der Waals surface area (Å²) in [6.07, 6.45) is 3.97. The van der Waals surface area contributed by atoms with Crippen LogP contribution in [0, 0.1) is 0 Å². The highest BCUT2D eigenvalue weighted by molar-refractivity contribution is 7.99. The van der Waals surface area contributed by atoms with Gasteiger partial charge in [-0.3, -0.25) is 4.72 Å². The van der Waals surface area contributed by atoms with Crippen LogP contribution in [0.25, 0.3) is 0 Å². The van der Waals surface area contributed by atoms with E-state index in [4.69, 9.17) is 0 Å². The minimum Gasteiger partial charge on any atom is -0.251 e. The minimum absolute atomic E-state index is 1.15. The molecule has 1 aliphatic rings. The molecule has 1 rings (SSSR count). The van der Waals surface area contributed by atoms with Crippen molar-refractivity contribution in [2.45, 2.75) is 26.2 Å². The van der Waals surface area contributed by atoms with E-state index in [1.165, 1.54) is 43.9 Å². The third-order valence-corrected chi connectivity index (χ3v) is 3.95. The number of unbranched alkanes of at least 4 members (excludes halogenated alkanes) is 2. The molecule has 0 aromatic carbocycles. The Morgan fingerprint density at radius 2 is 2.08 bits per heavy atom. The van der Waals surface area contributed by atoms with E-state index in [0.29, 0.717) is 0 Å². The van der Waals surface area contributed by atoms with Gasteiger partial charge in [0.15, 0.2) is 0 Å². The van der Waals surface area contributed by atoms with Crippen molar-refractivity contribution in [2.24, 2.45) is 0 Å². The number of rotatable bonds is 6. The monoisotopic (exact) mass is 220 g/mol. The van der Waals surface area contributed by atoms with Crippen LogP contribution >= 0.6 is 23.9 Å². The van der Waals surface area contributed by atoms with E-state index in [9.17, 15) is 0 Å². The molecule has 1 heterocycles. The minimum atomic E-state index is 1.15. The number of nitrogens with zero attached hydrogens (tertiary/aromatic N) is 1. The van der Waals surface area contributed by atoms with Crippen molar-refractivity contribution in [3.8, 4) is 0 Å². The summed E-state index contributed by atoms with van der Waals surface area (Å²) in [5, 5.41) is 0. The Hall–Kier alpha value is 0.620. The zero-order chi connectivity index (χ0) is 9.36. The molecule has 0 radical (unpaired) electrons. The lowest BCUT2D eigenvalue weighted by Crippen LogP contribution is -2.29. The third-order valence-electron chi connectivity index (χ3n) is 2.05. The molecule has 2 nitrogen and oxygen atoms in total. The largest absolute Gasteiger partial charge is 0.251 e. The van der Waals surface area contributed by atoms with Crippen LogP contribution in [0.3, 0.4) is 0 Å². The number of hydrogen-bond donors (Lipinski definition) is 1. The maximum Gasteiger partial charge on any atom is 0.0193 e. The highest BCUT2D eigenvalue weighted by atomic mass is 32.2. The second-order valence-electron chi connectivity index (χ2n) is 3.23. The van der Waals surface area contributed by atoms with Gasteiger partial charge in [0.2, 0.25) is 0 Å². The van der Waals surface area contributed by atoms with Crippen molar-refractivity contribution in [3.05, 3.63) is 0 Å². The fourth-order valence-corrected chi connectivity index (χ4v) is 3.14. The van der Waals surface area contributed by atoms with Gasteiger partial charge >= 0.3 is 0 Å². The molecule has 0 aromatic heterocycles. The van der Waals surface area contributed by atoms with Crippen molar-refractivity contribution in [3.63, 3.8) is 0 Å². The molecule has 0 unspecified atom stereocenters. The van der Waals surface area contributed by atoms with E-state index in [-0.39, 0.29) is 0 Å². The Balaban J connectivity index is 1.86. The molecule has 0 saturated carbocycles. The van der Waals surface area contributed by atoms with Crippen molar-refractivity contribution in [1.29, 1.82) is 0 Å². The standard InChI is InChI=1S/C9H20N2S2/c1-2-3-4-5-10-13-11-6-8-12-9-7-11/h10H,2-9H2,1H3. The molecule has 78 valence electrons. The van der Waals surface area contributed by atoms with Gasteiger partial charge in [-0.25, -0.2) is 4.31 Å². The van der Waals surface area contributed by atoms with Crippen molar-refractivity contribution >= 4 is 23.9 Å². The van der Waals surface area contributed by atoms with E-state index in [0.717, 1.165) is 6.54 Å². The zero-order valence-electron chi connectivity index (χ0n) is 8.42. The van der Waals surface area contributed by atoms with Gasteiger partial charge in [-0.15, -0.1) is 0 Å². The molecule has 1 fully saturated rings. The summed E-state index contributed by atoms with van der Waals surface area (Å²) >= 11 is 3.88. The lowest BCUT2D eigenvalue weighted by atomic mass is 10.3. The number of nitrogens with one attached hydrogen (secondary N) is 1. The van der Waals surface area contributed by atoms with Gasteiger partial charge in [0, 0.05) is 43.3 Å². The predicted octanol–water partition coefficient (Wildman–Crippen LogP) is 2.38. The molecule has 0 aliphatic carbocycles. The van der Waals surface area contributed by atoms with E-state index in [2.05, 4.69) is 27.7 Å². The maximum atomic E-state index is 3.42. The SMILES string of the molecule is CCCCCNSN1CCSCC1. The van der Waals surface area contributed by atoms with Crippen LogP contribution in [0.1, 0.15) is 26.2 Å². The average Bonchev–Trinajstić information content (AvgIpc) is 2.19. The normalized spacial score (nSPS) is 19.2. The van der Waals surface area contributed by atoms with Gasteiger partial charge in [-0.2, -0.15) is 11.8 Å². The molecule has 4 heteroatoms. The Bertz CT molecular complexity index is 116. The molecule has 1 saturated heterocycles. The van der Waals surface area contributed by atoms with Gasteiger partial charge in [-0.1, -0.05) is 19.8 Å². The molecule has 0 atom stereocenters. The summed E-state index contributed by atoms with van der Waals surface area (Å²) in [5.41, 5.74) is 0. The molecular weight excluding hydrogens is 200 g/mol. The zero-order valence-corrected chi connectivity index (χ0v) is 10.1. The van der Waals surface area contributed by atoms with Crippen LogP contribution in [0.2, 0.25) is 0 Å². The Kier molecular flexibility index (Phi) is 7.17. The Morgan fingerprint density at radius 3 is 2.77 bits per heavy atom. The summed E-state index contributed by atoms with van der Waals surface area (Å²) < 4.78 is 5.86. The molecule has 0 spiro atoms. The number of hydrogen-bond acceptors (Lipinski definition) is 4. The molecule has 0 amide bonds. The van der Waals surface area contributed by atoms with Crippen LogP contribution in [0.4, 0.5) is 0 Å². The van der Waals surface area contributed by atoms with E-state index in [1.807, 2.05) is 12.1 Å². The summed E-state index contributed by atoms with van der Waals surface area (Å²) in [6, 6.07) is 0. The lowest BCUT2D eigenvalue weighted by Gasteiger charge is -2.24. The Morgan fingerprint density at radius 1 is 1.31 bits per heavy atom. The molecule has 1 aliphatic heterocycles. The molecule has 13 heavy (non-hydrogen) atoms.